The fraction of sp³-hybridized carbons (Fsp3) is 0.292. The summed E-state index contributed by atoms with van der Waals surface area (Å²) in [5, 5.41) is 3.25. The van der Waals surface area contributed by atoms with Crippen LogP contribution < -0.4 is 10.2 Å². The molecule has 1 amide bonds. The second kappa shape index (κ2) is 9.98. The van der Waals surface area contributed by atoms with Gasteiger partial charge in [-0.1, -0.05) is 60.7 Å². The molecule has 0 radical (unpaired) electrons. The lowest BCUT2D eigenvalue weighted by Crippen LogP contribution is -2.50. The van der Waals surface area contributed by atoms with Crippen LogP contribution in [-0.4, -0.2) is 53.5 Å². The van der Waals surface area contributed by atoms with Gasteiger partial charge in [-0.15, -0.1) is 0 Å². The number of hydrogen-bond donors (Lipinski definition) is 1. The largest absolute Gasteiger partial charge is 0.348 e. The first kappa shape index (κ1) is 20.0. The fourth-order valence-corrected chi connectivity index (χ4v) is 3.79. The van der Waals surface area contributed by atoms with Gasteiger partial charge >= 0.3 is 0 Å². The van der Waals surface area contributed by atoms with Crippen molar-refractivity contribution < 1.29 is 4.79 Å². The molecule has 1 saturated heterocycles. The Kier molecular flexibility index (Phi) is 6.67. The van der Waals surface area contributed by atoms with Crippen molar-refractivity contribution in [1.29, 1.82) is 0 Å². The van der Waals surface area contributed by atoms with Crippen LogP contribution in [0, 0.1) is 0 Å². The molecule has 1 N–H and O–H groups in total. The van der Waals surface area contributed by atoms with Crippen LogP contribution in [0.1, 0.15) is 17.2 Å². The van der Waals surface area contributed by atoms with Crippen LogP contribution in [0.4, 0.5) is 5.95 Å². The summed E-state index contributed by atoms with van der Waals surface area (Å²) >= 11 is 0. The molecule has 3 aromatic rings. The molecule has 30 heavy (non-hydrogen) atoms. The number of aromatic nitrogens is 2. The molecule has 1 aliphatic heterocycles. The minimum absolute atomic E-state index is 0.0416. The van der Waals surface area contributed by atoms with Gasteiger partial charge in [0.25, 0.3) is 0 Å². The highest BCUT2D eigenvalue weighted by Crippen LogP contribution is 2.18. The smallest absolute Gasteiger partial charge is 0.234 e. The second-order valence-electron chi connectivity index (χ2n) is 7.53. The van der Waals surface area contributed by atoms with E-state index in [4.69, 9.17) is 0 Å². The van der Waals surface area contributed by atoms with Gasteiger partial charge < -0.3 is 10.2 Å². The summed E-state index contributed by atoms with van der Waals surface area (Å²) in [5.41, 5.74) is 2.34. The van der Waals surface area contributed by atoms with E-state index >= 15 is 0 Å². The monoisotopic (exact) mass is 401 g/mol. The van der Waals surface area contributed by atoms with Gasteiger partial charge in [-0.3, -0.25) is 9.69 Å². The van der Waals surface area contributed by atoms with Crippen molar-refractivity contribution >= 4 is 11.9 Å². The summed E-state index contributed by atoms with van der Waals surface area (Å²) < 4.78 is 0. The number of piperazine rings is 1. The van der Waals surface area contributed by atoms with Gasteiger partial charge in [-0.05, 0) is 23.6 Å². The summed E-state index contributed by atoms with van der Waals surface area (Å²) in [6, 6.07) is 22.3. The Morgan fingerprint density at radius 1 is 0.867 bits per heavy atom. The van der Waals surface area contributed by atoms with E-state index < -0.39 is 0 Å². The second-order valence-corrected chi connectivity index (χ2v) is 7.53. The van der Waals surface area contributed by atoms with Crippen LogP contribution in [0.25, 0.3) is 0 Å². The molecule has 0 spiro atoms. The summed E-state index contributed by atoms with van der Waals surface area (Å²) in [7, 11) is 0. The Hall–Kier alpha value is -3.25. The van der Waals surface area contributed by atoms with Crippen molar-refractivity contribution in [2.24, 2.45) is 0 Å². The van der Waals surface area contributed by atoms with E-state index in [-0.39, 0.29) is 11.9 Å². The number of amides is 1. The van der Waals surface area contributed by atoms with E-state index in [9.17, 15) is 4.79 Å². The third kappa shape index (κ3) is 5.42. The molecule has 0 bridgehead atoms. The SMILES string of the molecule is O=C(CN1CCN(c2ncccn2)CC1)N[C@@H](Cc1ccccc1)c1ccccc1. The molecule has 154 valence electrons. The van der Waals surface area contributed by atoms with Gasteiger partial charge in [0, 0.05) is 38.6 Å². The van der Waals surface area contributed by atoms with Crippen LogP contribution in [0.5, 0.6) is 0 Å². The van der Waals surface area contributed by atoms with Gasteiger partial charge in [-0.25, -0.2) is 9.97 Å². The average molecular weight is 402 g/mol. The predicted octanol–water partition coefficient (Wildman–Crippen LogP) is 2.70. The number of carbonyl (C=O) groups excluding carboxylic acids is 1. The highest BCUT2D eigenvalue weighted by Gasteiger charge is 2.22. The first-order chi connectivity index (χ1) is 14.8. The highest BCUT2D eigenvalue weighted by atomic mass is 16.2. The molecule has 1 fully saturated rings. The maximum atomic E-state index is 12.8. The van der Waals surface area contributed by atoms with Crippen molar-refractivity contribution in [3.05, 3.63) is 90.3 Å². The molecule has 0 saturated carbocycles. The highest BCUT2D eigenvalue weighted by molar-refractivity contribution is 5.78. The van der Waals surface area contributed by atoms with Crippen molar-refractivity contribution in [2.45, 2.75) is 12.5 Å². The molecule has 0 aliphatic carbocycles. The number of anilines is 1. The molecule has 4 rings (SSSR count). The van der Waals surface area contributed by atoms with E-state index in [1.807, 2.05) is 42.5 Å². The first-order valence-electron chi connectivity index (χ1n) is 10.4. The lowest BCUT2D eigenvalue weighted by Gasteiger charge is -2.34. The standard InChI is InChI=1S/C24H27N5O/c30-23(19-28-14-16-29(17-15-28)24-25-12-7-13-26-24)27-22(21-10-5-2-6-11-21)18-20-8-3-1-4-9-20/h1-13,22H,14-19H2,(H,27,30)/t22-/m0/s1. The van der Waals surface area contributed by atoms with Gasteiger partial charge in [0.05, 0.1) is 12.6 Å². The molecular formula is C24H27N5O. The maximum absolute atomic E-state index is 12.8. The lowest BCUT2D eigenvalue weighted by atomic mass is 9.99. The first-order valence-corrected chi connectivity index (χ1v) is 10.4. The Morgan fingerprint density at radius 3 is 2.17 bits per heavy atom. The summed E-state index contributed by atoms with van der Waals surface area (Å²) in [5.74, 6) is 0.817. The van der Waals surface area contributed by atoms with Gasteiger partial charge in [-0.2, -0.15) is 0 Å². The summed E-state index contributed by atoms with van der Waals surface area (Å²) in [6.07, 6.45) is 4.30. The minimum atomic E-state index is -0.0416. The van der Waals surface area contributed by atoms with Crippen molar-refractivity contribution in [3.63, 3.8) is 0 Å². The zero-order valence-electron chi connectivity index (χ0n) is 17.0. The topological polar surface area (TPSA) is 61.4 Å². The van der Waals surface area contributed by atoms with Crippen LogP contribution in [-0.2, 0) is 11.2 Å². The quantitative estimate of drug-likeness (QED) is 0.660. The van der Waals surface area contributed by atoms with Gasteiger partial charge in [0.15, 0.2) is 0 Å². The molecule has 1 aliphatic rings. The van der Waals surface area contributed by atoms with Crippen LogP contribution >= 0.6 is 0 Å². The van der Waals surface area contributed by atoms with Crippen LogP contribution in [0.15, 0.2) is 79.1 Å². The zero-order valence-corrected chi connectivity index (χ0v) is 17.0. The Bertz CT molecular complexity index is 912. The molecular weight excluding hydrogens is 374 g/mol. The van der Waals surface area contributed by atoms with E-state index in [0.29, 0.717) is 6.54 Å². The number of hydrogen-bond acceptors (Lipinski definition) is 5. The molecule has 2 heterocycles. The molecule has 6 nitrogen and oxygen atoms in total. The van der Waals surface area contributed by atoms with E-state index in [2.05, 4.69) is 49.4 Å². The summed E-state index contributed by atoms with van der Waals surface area (Å²) in [4.78, 5) is 25.8. The average Bonchev–Trinajstić information content (AvgIpc) is 2.81. The minimum Gasteiger partial charge on any atom is -0.348 e. The van der Waals surface area contributed by atoms with Crippen LogP contribution in [0.3, 0.4) is 0 Å². The van der Waals surface area contributed by atoms with Crippen LogP contribution in [0.2, 0.25) is 0 Å². The Balaban J connectivity index is 1.34. The molecule has 1 atom stereocenters. The number of nitrogens with zero attached hydrogens (tertiary/aromatic N) is 4. The molecule has 6 heteroatoms. The molecule has 2 aromatic carbocycles. The zero-order chi connectivity index (χ0) is 20.6. The number of nitrogens with one attached hydrogen (secondary N) is 1. The predicted molar refractivity (Wildman–Crippen MR) is 118 cm³/mol. The normalized spacial score (nSPS) is 15.5. The van der Waals surface area contributed by atoms with Gasteiger partial charge in [0.2, 0.25) is 11.9 Å². The lowest BCUT2D eigenvalue weighted by molar-refractivity contribution is -0.123. The van der Waals surface area contributed by atoms with Crippen molar-refractivity contribution in [3.8, 4) is 0 Å². The number of carbonyl (C=O) groups is 1. The molecule has 1 aromatic heterocycles. The van der Waals surface area contributed by atoms with E-state index in [1.165, 1.54) is 5.56 Å². The van der Waals surface area contributed by atoms with Crippen molar-refractivity contribution in [1.82, 2.24) is 20.2 Å². The third-order valence-electron chi connectivity index (χ3n) is 5.39. The Labute approximate surface area is 177 Å². The fourth-order valence-electron chi connectivity index (χ4n) is 3.79. The Morgan fingerprint density at radius 2 is 1.50 bits per heavy atom. The number of rotatable bonds is 7. The van der Waals surface area contributed by atoms with E-state index in [1.54, 1.807) is 12.4 Å². The number of benzene rings is 2. The maximum Gasteiger partial charge on any atom is 0.234 e. The third-order valence-corrected chi connectivity index (χ3v) is 5.39. The summed E-state index contributed by atoms with van der Waals surface area (Å²) in [6.45, 7) is 3.69. The van der Waals surface area contributed by atoms with Crippen molar-refractivity contribution in [2.75, 3.05) is 37.6 Å². The van der Waals surface area contributed by atoms with Gasteiger partial charge in [0.1, 0.15) is 0 Å². The molecule has 0 unspecified atom stereocenters. The van der Waals surface area contributed by atoms with E-state index in [0.717, 1.165) is 44.1 Å².